The highest BCUT2D eigenvalue weighted by atomic mass is 19.1. The fourth-order valence-electron chi connectivity index (χ4n) is 3.53. The number of nitrogens with two attached hydrogens (primary N) is 1. The Kier molecular flexibility index (Phi) is 4.30. The van der Waals surface area contributed by atoms with E-state index in [0.29, 0.717) is 13.1 Å². The summed E-state index contributed by atoms with van der Waals surface area (Å²) in [7, 11) is 0. The van der Waals surface area contributed by atoms with Crippen LogP contribution in [-0.4, -0.2) is 52.7 Å². The van der Waals surface area contributed by atoms with Crippen LogP contribution in [0.15, 0.2) is 12.3 Å². The maximum absolute atomic E-state index is 14.7. The standard InChI is InChI=1S/C17H23FN4O3/c1-17(2,3)25-16(24)21-8-10-4-5-11(9-21)22(10)15-13(18)12(14(19)23)6-7-20-15/h6-7,10-11H,4-5,8-9H2,1-3H3,(H2,19,23). The van der Waals surface area contributed by atoms with Crippen molar-refractivity contribution >= 4 is 17.8 Å². The Morgan fingerprint density at radius 2 is 1.88 bits per heavy atom. The molecule has 7 nitrogen and oxygen atoms in total. The van der Waals surface area contributed by atoms with Crippen molar-refractivity contribution in [3.8, 4) is 0 Å². The van der Waals surface area contributed by atoms with E-state index in [0.717, 1.165) is 12.8 Å². The molecule has 2 N–H and O–H groups in total. The number of carbonyl (C=O) groups is 2. The highest BCUT2D eigenvalue weighted by molar-refractivity contribution is 5.93. The number of aromatic nitrogens is 1. The van der Waals surface area contributed by atoms with Crippen LogP contribution in [0.2, 0.25) is 0 Å². The average Bonchev–Trinajstić information content (AvgIpc) is 2.75. The van der Waals surface area contributed by atoms with Crippen LogP contribution in [0.4, 0.5) is 15.0 Å². The van der Waals surface area contributed by atoms with Crippen molar-refractivity contribution in [2.75, 3.05) is 18.0 Å². The van der Waals surface area contributed by atoms with Gasteiger partial charge >= 0.3 is 6.09 Å². The van der Waals surface area contributed by atoms with E-state index < -0.39 is 17.3 Å². The van der Waals surface area contributed by atoms with Gasteiger partial charge in [0.15, 0.2) is 11.6 Å². The Morgan fingerprint density at radius 3 is 2.40 bits per heavy atom. The van der Waals surface area contributed by atoms with Crippen molar-refractivity contribution in [3.63, 3.8) is 0 Å². The number of piperazine rings is 1. The number of hydrogen-bond acceptors (Lipinski definition) is 5. The first-order valence-electron chi connectivity index (χ1n) is 8.38. The van der Waals surface area contributed by atoms with Crippen LogP contribution < -0.4 is 10.6 Å². The molecule has 2 saturated heterocycles. The van der Waals surface area contributed by atoms with Crippen LogP contribution in [0.1, 0.15) is 44.0 Å². The number of likely N-dealkylation sites (tertiary alicyclic amines) is 1. The summed E-state index contributed by atoms with van der Waals surface area (Å²) in [6, 6.07) is 1.16. The SMILES string of the molecule is CC(C)(C)OC(=O)N1CC2CCC(C1)N2c1nccc(C(N)=O)c1F. The molecule has 1 aromatic heterocycles. The normalized spacial score (nSPS) is 22.9. The van der Waals surface area contributed by atoms with Gasteiger partial charge in [-0.25, -0.2) is 14.2 Å². The van der Waals surface area contributed by atoms with Crippen molar-refractivity contribution < 1.29 is 18.7 Å². The maximum atomic E-state index is 14.7. The van der Waals surface area contributed by atoms with Crippen LogP contribution in [0.25, 0.3) is 0 Å². The largest absolute Gasteiger partial charge is 0.444 e. The molecule has 2 amide bonds. The molecule has 3 heterocycles. The molecular formula is C17H23FN4O3. The molecule has 8 heteroatoms. The van der Waals surface area contributed by atoms with E-state index in [9.17, 15) is 14.0 Å². The second-order valence-corrected chi connectivity index (χ2v) is 7.54. The first-order valence-corrected chi connectivity index (χ1v) is 8.38. The van der Waals surface area contributed by atoms with Crippen LogP contribution in [0, 0.1) is 5.82 Å². The summed E-state index contributed by atoms with van der Waals surface area (Å²) in [5, 5.41) is 0. The Bertz CT molecular complexity index is 690. The molecule has 136 valence electrons. The number of halogens is 1. The molecule has 1 aromatic rings. The minimum absolute atomic E-state index is 0.0589. The van der Waals surface area contributed by atoms with Crippen LogP contribution in [0.3, 0.4) is 0 Å². The van der Waals surface area contributed by atoms with E-state index in [4.69, 9.17) is 10.5 Å². The molecule has 0 aliphatic carbocycles. The molecule has 2 unspecified atom stereocenters. The van der Waals surface area contributed by atoms with Gasteiger partial charge in [0.05, 0.1) is 5.56 Å². The van der Waals surface area contributed by atoms with E-state index in [1.165, 1.54) is 12.3 Å². The maximum Gasteiger partial charge on any atom is 0.410 e. The summed E-state index contributed by atoms with van der Waals surface area (Å²) < 4.78 is 20.1. The second kappa shape index (κ2) is 6.16. The molecule has 2 bridgehead atoms. The van der Waals surface area contributed by atoms with Crippen LogP contribution in [0.5, 0.6) is 0 Å². The lowest BCUT2D eigenvalue weighted by Gasteiger charge is -2.42. The molecular weight excluding hydrogens is 327 g/mol. The first-order chi connectivity index (χ1) is 11.7. The monoisotopic (exact) mass is 350 g/mol. The summed E-state index contributed by atoms with van der Waals surface area (Å²) in [5.41, 5.74) is 4.50. The number of pyridine rings is 1. The molecule has 0 spiro atoms. The second-order valence-electron chi connectivity index (χ2n) is 7.54. The minimum Gasteiger partial charge on any atom is -0.444 e. The molecule has 0 radical (unpaired) electrons. The number of nitrogens with zero attached hydrogens (tertiary/aromatic N) is 3. The molecule has 2 aliphatic rings. The Labute approximate surface area is 145 Å². The fourth-order valence-corrected chi connectivity index (χ4v) is 3.53. The van der Waals surface area contributed by atoms with Gasteiger partial charge in [0, 0.05) is 31.4 Å². The van der Waals surface area contributed by atoms with E-state index in [1.54, 1.807) is 4.90 Å². The summed E-state index contributed by atoms with van der Waals surface area (Å²) in [6.45, 7) is 6.35. The fraction of sp³-hybridized carbons (Fsp3) is 0.588. The minimum atomic E-state index is -0.819. The summed E-state index contributed by atoms with van der Waals surface area (Å²) in [6.07, 6.45) is 2.68. The molecule has 2 aliphatic heterocycles. The Morgan fingerprint density at radius 1 is 1.28 bits per heavy atom. The van der Waals surface area contributed by atoms with Gasteiger partial charge in [-0.1, -0.05) is 0 Å². The van der Waals surface area contributed by atoms with Gasteiger partial charge in [0.1, 0.15) is 5.60 Å². The Hall–Kier alpha value is -2.38. The number of amides is 2. The highest BCUT2D eigenvalue weighted by Gasteiger charge is 2.44. The van der Waals surface area contributed by atoms with Gasteiger partial charge in [0.25, 0.3) is 5.91 Å². The molecule has 25 heavy (non-hydrogen) atoms. The van der Waals surface area contributed by atoms with Gasteiger partial charge < -0.3 is 20.3 Å². The molecule has 0 aromatic carbocycles. The van der Waals surface area contributed by atoms with Gasteiger partial charge in [-0.05, 0) is 39.7 Å². The molecule has 0 saturated carbocycles. The van der Waals surface area contributed by atoms with Gasteiger partial charge in [-0.2, -0.15) is 0 Å². The summed E-state index contributed by atoms with van der Waals surface area (Å²) in [4.78, 5) is 31.4. The molecule has 3 rings (SSSR count). The van der Waals surface area contributed by atoms with E-state index in [1.807, 2.05) is 25.7 Å². The lowest BCUT2D eigenvalue weighted by molar-refractivity contribution is 0.0209. The van der Waals surface area contributed by atoms with Gasteiger partial charge in [0.2, 0.25) is 0 Å². The number of hydrogen-bond donors (Lipinski definition) is 1. The van der Waals surface area contributed by atoms with Crippen molar-refractivity contribution in [2.45, 2.75) is 51.3 Å². The van der Waals surface area contributed by atoms with E-state index in [-0.39, 0.29) is 29.6 Å². The van der Waals surface area contributed by atoms with E-state index >= 15 is 0 Å². The lowest BCUT2D eigenvalue weighted by Crippen LogP contribution is -2.56. The third kappa shape index (κ3) is 3.38. The van der Waals surface area contributed by atoms with Crippen molar-refractivity contribution in [2.24, 2.45) is 5.73 Å². The predicted octanol–water partition coefficient (Wildman–Crippen LogP) is 1.91. The van der Waals surface area contributed by atoms with Crippen molar-refractivity contribution in [1.29, 1.82) is 0 Å². The zero-order valence-electron chi connectivity index (χ0n) is 14.7. The van der Waals surface area contributed by atoms with Crippen LogP contribution >= 0.6 is 0 Å². The van der Waals surface area contributed by atoms with Crippen LogP contribution in [-0.2, 0) is 4.74 Å². The predicted molar refractivity (Wildman–Crippen MR) is 89.8 cm³/mol. The number of primary amides is 1. The number of anilines is 1. The first kappa shape index (κ1) is 17.4. The Balaban J connectivity index is 1.81. The van der Waals surface area contributed by atoms with E-state index in [2.05, 4.69) is 4.98 Å². The number of rotatable bonds is 2. The smallest absolute Gasteiger partial charge is 0.410 e. The highest BCUT2D eigenvalue weighted by Crippen LogP contribution is 2.36. The summed E-state index contributed by atoms with van der Waals surface area (Å²) >= 11 is 0. The molecule has 2 atom stereocenters. The van der Waals surface area contributed by atoms with Crippen molar-refractivity contribution in [1.82, 2.24) is 9.88 Å². The van der Waals surface area contributed by atoms with Gasteiger partial charge in [-0.3, -0.25) is 4.79 Å². The lowest BCUT2D eigenvalue weighted by atomic mass is 10.1. The number of fused-ring (bicyclic) bond motifs is 2. The molecule has 2 fully saturated rings. The zero-order valence-corrected chi connectivity index (χ0v) is 14.7. The topological polar surface area (TPSA) is 88.8 Å². The zero-order chi connectivity index (χ0) is 18.4. The average molecular weight is 350 g/mol. The third-order valence-electron chi connectivity index (χ3n) is 4.51. The quantitative estimate of drug-likeness (QED) is 0.880. The summed E-state index contributed by atoms with van der Waals surface area (Å²) in [5.74, 6) is -1.38. The number of ether oxygens (including phenoxy) is 1. The number of carbonyl (C=O) groups excluding carboxylic acids is 2. The van der Waals surface area contributed by atoms with Crippen molar-refractivity contribution in [3.05, 3.63) is 23.6 Å². The third-order valence-corrected chi connectivity index (χ3v) is 4.51. The van der Waals surface area contributed by atoms with Gasteiger partial charge in [-0.15, -0.1) is 0 Å².